The van der Waals surface area contributed by atoms with E-state index in [4.69, 9.17) is 23.2 Å². The van der Waals surface area contributed by atoms with E-state index in [-0.39, 0.29) is 26.2 Å². The molecule has 8 heteroatoms. The first-order chi connectivity index (χ1) is 11.8. The van der Waals surface area contributed by atoms with E-state index in [0.717, 1.165) is 24.8 Å². The third-order valence-corrected chi connectivity index (χ3v) is 6.54. The lowest BCUT2D eigenvalue weighted by atomic mass is 9.87. The maximum Gasteiger partial charge on any atom is 0.338 e. The molecule has 0 bridgehead atoms. The predicted molar refractivity (Wildman–Crippen MR) is 97.3 cm³/mol. The van der Waals surface area contributed by atoms with Crippen LogP contribution in [-0.4, -0.2) is 19.5 Å². The molecule has 1 aliphatic rings. The molecule has 2 N–H and O–H groups in total. The number of anilines is 1. The van der Waals surface area contributed by atoms with E-state index < -0.39 is 16.0 Å². The number of nitrogens with one attached hydrogen (secondary N) is 1. The van der Waals surface area contributed by atoms with Gasteiger partial charge in [0.1, 0.15) is 4.90 Å². The van der Waals surface area contributed by atoms with Crippen LogP contribution in [0, 0.1) is 0 Å². The van der Waals surface area contributed by atoms with Gasteiger partial charge >= 0.3 is 5.97 Å². The third kappa shape index (κ3) is 3.47. The lowest BCUT2D eigenvalue weighted by Crippen LogP contribution is -2.19. The van der Waals surface area contributed by atoms with E-state index >= 15 is 0 Å². The van der Waals surface area contributed by atoms with Crippen LogP contribution in [-0.2, 0) is 22.9 Å². The van der Waals surface area contributed by atoms with Crippen molar-refractivity contribution < 1.29 is 18.3 Å². The van der Waals surface area contributed by atoms with Crippen molar-refractivity contribution in [2.75, 3.05) is 4.72 Å². The highest BCUT2D eigenvalue weighted by molar-refractivity contribution is 7.92. The van der Waals surface area contributed by atoms with Crippen LogP contribution >= 0.6 is 23.2 Å². The van der Waals surface area contributed by atoms with Gasteiger partial charge in [0.15, 0.2) is 0 Å². The van der Waals surface area contributed by atoms with Crippen molar-refractivity contribution in [1.29, 1.82) is 0 Å². The molecule has 0 spiro atoms. The Bertz CT molecular complexity index is 957. The highest BCUT2D eigenvalue weighted by Gasteiger charge is 2.26. The van der Waals surface area contributed by atoms with Crippen LogP contribution in [0.4, 0.5) is 5.69 Å². The largest absolute Gasteiger partial charge is 0.478 e. The first-order valence-corrected chi connectivity index (χ1v) is 9.90. The van der Waals surface area contributed by atoms with Crippen LogP contribution in [0.2, 0.25) is 10.0 Å². The third-order valence-electron chi connectivity index (χ3n) is 4.20. The highest BCUT2D eigenvalue weighted by atomic mass is 35.5. The summed E-state index contributed by atoms with van der Waals surface area (Å²) >= 11 is 11.9. The first kappa shape index (κ1) is 18.0. The quantitative estimate of drug-likeness (QED) is 0.798. The summed E-state index contributed by atoms with van der Waals surface area (Å²) in [7, 11) is -4.08. The van der Waals surface area contributed by atoms with Crippen molar-refractivity contribution in [3.63, 3.8) is 0 Å². The number of aryl methyl sites for hydroxylation is 1. The molecule has 0 aromatic heterocycles. The van der Waals surface area contributed by atoms with Crippen molar-refractivity contribution >= 4 is 44.9 Å². The van der Waals surface area contributed by atoms with E-state index in [1.54, 1.807) is 6.07 Å². The summed E-state index contributed by atoms with van der Waals surface area (Å²) in [6, 6.07) is 7.52. The van der Waals surface area contributed by atoms with Gasteiger partial charge in [-0.05, 0) is 55.0 Å². The molecule has 0 radical (unpaired) electrons. The van der Waals surface area contributed by atoms with Gasteiger partial charge in [-0.2, -0.15) is 0 Å². The van der Waals surface area contributed by atoms with Gasteiger partial charge in [0.2, 0.25) is 0 Å². The van der Waals surface area contributed by atoms with Crippen molar-refractivity contribution in [3.05, 3.63) is 57.1 Å². The number of hydrogen-bond donors (Lipinski definition) is 2. The highest BCUT2D eigenvalue weighted by Crippen LogP contribution is 2.33. The summed E-state index contributed by atoms with van der Waals surface area (Å²) in [5.74, 6) is -1.16. The first-order valence-electron chi connectivity index (χ1n) is 7.66. The van der Waals surface area contributed by atoms with Gasteiger partial charge in [-0.15, -0.1) is 0 Å². The monoisotopic (exact) mass is 399 g/mol. The average Bonchev–Trinajstić information content (AvgIpc) is 2.56. The fourth-order valence-electron chi connectivity index (χ4n) is 3.05. The summed E-state index contributed by atoms with van der Waals surface area (Å²) in [6.07, 6.45) is 3.28. The number of aromatic carboxylic acids is 1. The second kappa shape index (κ2) is 6.86. The number of hydrogen-bond acceptors (Lipinski definition) is 3. The zero-order valence-electron chi connectivity index (χ0n) is 13.1. The van der Waals surface area contributed by atoms with Gasteiger partial charge in [-0.3, -0.25) is 4.72 Å². The van der Waals surface area contributed by atoms with Crippen LogP contribution in [0.5, 0.6) is 0 Å². The summed E-state index contributed by atoms with van der Waals surface area (Å²) in [5.41, 5.74) is 1.67. The number of benzene rings is 2. The Hall–Kier alpha value is -1.76. The fraction of sp³-hybridized carbons (Fsp3) is 0.235. The van der Waals surface area contributed by atoms with E-state index in [0.29, 0.717) is 12.0 Å². The smallest absolute Gasteiger partial charge is 0.338 e. The van der Waals surface area contributed by atoms with Crippen LogP contribution in [0.1, 0.15) is 34.3 Å². The number of carboxylic acid groups (broad SMARTS) is 1. The standard InChI is InChI=1S/C17H15Cl2NO4S/c18-12-6-3-7-14(16(12)19)25(23,24)20-13-9-8-10-4-1-2-5-11(10)15(13)17(21)22/h3,6-9,20H,1-2,4-5H2,(H,21,22). The zero-order valence-corrected chi connectivity index (χ0v) is 15.4. The van der Waals surface area contributed by atoms with Crippen molar-refractivity contribution in [3.8, 4) is 0 Å². The minimum Gasteiger partial charge on any atom is -0.478 e. The molecule has 0 aliphatic heterocycles. The van der Waals surface area contributed by atoms with Crippen LogP contribution in [0.3, 0.4) is 0 Å². The number of halogens is 2. The van der Waals surface area contributed by atoms with Crippen molar-refractivity contribution in [2.45, 2.75) is 30.6 Å². The summed E-state index contributed by atoms with van der Waals surface area (Å²) in [6.45, 7) is 0. The molecule has 0 atom stereocenters. The molecule has 0 saturated carbocycles. The molecule has 132 valence electrons. The second-order valence-electron chi connectivity index (χ2n) is 5.80. The molecule has 2 aromatic carbocycles. The molecular formula is C17H15Cl2NO4S. The molecule has 0 amide bonds. The van der Waals surface area contributed by atoms with Gasteiger partial charge < -0.3 is 5.11 Å². The van der Waals surface area contributed by atoms with Gasteiger partial charge in [0.05, 0.1) is 21.3 Å². The van der Waals surface area contributed by atoms with Gasteiger partial charge in [0.25, 0.3) is 10.0 Å². The number of sulfonamides is 1. The molecule has 0 unspecified atom stereocenters. The molecule has 1 aliphatic carbocycles. The summed E-state index contributed by atoms with van der Waals surface area (Å²) in [4.78, 5) is 11.6. The Morgan fingerprint density at radius 1 is 1.08 bits per heavy atom. The normalized spacial score (nSPS) is 14.0. The second-order valence-corrected chi connectivity index (χ2v) is 8.23. The SMILES string of the molecule is O=C(O)c1c(NS(=O)(=O)c2cccc(Cl)c2Cl)ccc2c1CCCC2. The van der Waals surface area contributed by atoms with E-state index in [2.05, 4.69) is 4.72 Å². The molecule has 0 heterocycles. The predicted octanol–water partition coefficient (Wildman–Crippen LogP) is 4.37. The Kier molecular flexibility index (Phi) is 4.95. The zero-order chi connectivity index (χ0) is 18.2. The number of fused-ring (bicyclic) bond motifs is 1. The minimum atomic E-state index is -4.08. The Balaban J connectivity index is 2.08. The Labute approximate surface area is 155 Å². The number of carboxylic acids is 1. The molecule has 0 fully saturated rings. The van der Waals surface area contributed by atoms with E-state index in [1.807, 2.05) is 0 Å². The Morgan fingerprint density at radius 3 is 2.52 bits per heavy atom. The van der Waals surface area contributed by atoms with Gasteiger partial charge in [-0.1, -0.05) is 35.3 Å². The molecule has 5 nitrogen and oxygen atoms in total. The average molecular weight is 400 g/mol. The lowest BCUT2D eigenvalue weighted by molar-refractivity contribution is 0.0696. The number of rotatable bonds is 4. The van der Waals surface area contributed by atoms with E-state index in [9.17, 15) is 18.3 Å². The Morgan fingerprint density at radius 2 is 1.80 bits per heavy atom. The van der Waals surface area contributed by atoms with Crippen molar-refractivity contribution in [2.24, 2.45) is 0 Å². The molecule has 3 rings (SSSR count). The van der Waals surface area contributed by atoms with E-state index in [1.165, 1.54) is 24.3 Å². The molecule has 2 aromatic rings. The van der Waals surface area contributed by atoms with Crippen molar-refractivity contribution in [1.82, 2.24) is 0 Å². The van der Waals surface area contributed by atoms with Crippen LogP contribution < -0.4 is 4.72 Å². The van der Waals surface area contributed by atoms with Crippen LogP contribution in [0.15, 0.2) is 35.2 Å². The van der Waals surface area contributed by atoms with Crippen LogP contribution in [0.25, 0.3) is 0 Å². The molecular weight excluding hydrogens is 385 g/mol. The number of carbonyl (C=O) groups is 1. The molecule has 25 heavy (non-hydrogen) atoms. The maximum absolute atomic E-state index is 12.7. The lowest BCUT2D eigenvalue weighted by Gasteiger charge is -2.21. The van der Waals surface area contributed by atoms with Gasteiger partial charge in [0, 0.05) is 0 Å². The summed E-state index contributed by atoms with van der Waals surface area (Å²) < 4.78 is 27.7. The van der Waals surface area contributed by atoms with Gasteiger partial charge in [-0.25, -0.2) is 13.2 Å². The minimum absolute atomic E-state index is 0.000995. The topological polar surface area (TPSA) is 83.5 Å². The maximum atomic E-state index is 12.7. The fourth-order valence-corrected chi connectivity index (χ4v) is 4.88. The molecule has 0 saturated heterocycles. The summed E-state index contributed by atoms with van der Waals surface area (Å²) in [5, 5.41) is 9.61.